The second-order valence-corrected chi connectivity index (χ2v) is 18.7. The van der Waals surface area contributed by atoms with Crippen LogP contribution in [0, 0.1) is 0 Å². The van der Waals surface area contributed by atoms with Crippen LogP contribution in [0.25, 0.3) is 0 Å². The van der Waals surface area contributed by atoms with Crippen molar-refractivity contribution < 1.29 is 69.0 Å². The van der Waals surface area contributed by atoms with Gasteiger partial charge >= 0.3 is 5.97 Å². The van der Waals surface area contributed by atoms with Gasteiger partial charge < -0.3 is 64.2 Å². The quantitative estimate of drug-likeness (QED) is 0.0176. The summed E-state index contributed by atoms with van der Waals surface area (Å²) in [6.45, 7) is 3.70. The Morgan fingerprint density at radius 1 is 0.492 bits per heavy atom. The molecule has 2 aliphatic heterocycles. The van der Waals surface area contributed by atoms with Gasteiger partial charge in [-0.2, -0.15) is 0 Å². The van der Waals surface area contributed by atoms with Crippen LogP contribution in [0.4, 0.5) is 0 Å². The summed E-state index contributed by atoms with van der Waals surface area (Å²) in [7, 11) is 0. The van der Waals surface area contributed by atoms with Crippen LogP contribution in [-0.4, -0.2) is 142 Å². The molecule has 2 aliphatic rings. The van der Waals surface area contributed by atoms with Crippen LogP contribution in [0.1, 0.15) is 206 Å². The molecule has 2 heterocycles. The van der Waals surface area contributed by atoms with Gasteiger partial charge in [0, 0.05) is 13.0 Å². The standard InChI is InChI=1S/C51H96O14/c1-3-5-7-9-11-13-15-17-19-20-21-23-25-27-29-31-33-35-60-37-40(63-43(53)34-32-30-28-26-24-22-18-16-14-12-10-8-6-4-2)38-61-50-49(59)47(57)45(55)42(65-50)39-62-51-48(58)46(56)44(54)41(36-52)64-51/h19-20,40-42,44-52,54-59H,3-18,21-39H2,1-2H3/b20-19-. The third kappa shape index (κ3) is 27.5. The summed E-state index contributed by atoms with van der Waals surface area (Å²) < 4.78 is 34.3. The molecule has 11 unspecified atom stereocenters. The van der Waals surface area contributed by atoms with Crippen LogP contribution in [-0.2, 0) is 33.2 Å². The lowest BCUT2D eigenvalue weighted by Crippen LogP contribution is -2.61. The number of aliphatic hydroxyl groups excluding tert-OH is 7. The highest BCUT2D eigenvalue weighted by molar-refractivity contribution is 5.69. The molecule has 0 aromatic carbocycles. The monoisotopic (exact) mass is 933 g/mol. The zero-order chi connectivity index (χ0) is 47.3. The topological polar surface area (TPSA) is 214 Å². The molecule has 7 N–H and O–H groups in total. The largest absolute Gasteiger partial charge is 0.457 e. The molecule has 384 valence electrons. The molecule has 0 amide bonds. The number of rotatable bonds is 42. The summed E-state index contributed by atoms with van der Waals surface area (Å²) in [4.78, 5) is 13.0. The Kier molecular flexibility index (Phi) is 36.4. The average molecular weight is 933 g/mol. The predicted octanol–water partition coefficient (Wildman–Crippen LogP) is 7.85. The Hall–Kier alpha value is -1.27. The summed E-state index contributed by atoms with van der Waals surface area (Å²) in [5, 5.41) is 72.1. The molecule has 0 saturated carbocycles. The molecule has 0 spiro atoms. The first-order valence-corrected chi connectivity index (χ1v) is 26.3. The zero-order valence-electron chi connectivity index (χ0n) is 40.7. The highest BCUT2D eigenvalue weighted by Crippen LogP contribution is 2.26. The van der Waals surface area contributed by atoms with E-state index in [0.717, 1.165) is 44.9 Å². The minimum absolute atomic E-state index is 0.0628. The maximum Gasteiger partial charge on any atom is 0.306 e. The second kappa shape index (κ2) is 39.6. The highest BCUT2D eigenvalue weighted by atomic mass is 16.7. The van der Waals surface area contributed by atoms with Crippen LogP contribution in [0.2, 0.25) is 0 Å². The van der Waals surface area contributed by atoms with Crippen molar-refractivity contribution in [2.45, 2.75) is 274 Å². The number of allylic oxidation sites excluding steroid dienone is 2. The number of hydrogen-bond acceptors (Lipinski definition) is 14. The summed E-state index contributed by atoms with van der Waals surface area (Å²) in [6, 6.07) is 0. The molecule has 0 radical (unpaired) electrons. The van der Waals surface area contributed by atoms with E-state index in [1.807, 2.05) is 0 Å². The average Bonchev–Trinajstić information content (AvgIpc) is 3.30. The van der Waals surface area contributed by atoms with Gasteiger partial charge in [-0.1, -0.05) is 174 Å². The van der Waals surface area contributed by atoms with Crippen molar-refractivity contribution in [3.05, 3.63) is 12.2 Å². The molecule has 11 atom stereocenters. The van der Waals surface area contributed by atoms with E-state index in [9.17, 15) is 40.5 Å². The number of aliphatic hydroxyl groups is 7. The van der Waals surface area contributed by atoms with E-state index in [-0.39, 0.29) is 25.6 Å². The number of carbonyl (C=O) groups is 1. The van der Waals surface area contributed by atoms with Gasteiger partial charge in [0.1, 0.15) is 54.9 Å². The van der Waals surface area contributed by atoms with Crippen LogP contribution in [0.5, 0.6) is 0 Å². The van der Waals surface area contributed by atoms with E-state index in [0.29, 0.717) is 13.0 Å². The molecular weight excluding hydrogens is 837 g/mol. The molecule has 65 heavy (non-hydrogen) atoms. The third-order valence-electron chi connectivity index (χ3n) is 12.8. The zero-order valence-corrected chi connectivity index (χ0v) is 40.7. The normalized spacial score (nSPS) is 26.5. The van der Waals surface area contributed by atoms with Gasteiger partial charge in [-0.3, -0.25) is 4.79 Å². The van der Waals surface area contributed by atoms with E-state index in [1.54, 1.807) is 0 Å². The van der Waals surface area contributed by atoms with Gasteiger partial charge in [0.25, 0.3) is 0 Å². The molecule has 0 aromatic heterocycles. The first kappa shape index (κ1) is 59.9. The maximum atomic E-state index is 13.0. The van der Waals surface area contributed by atoms with E-state index >= 15 is 0 Å². The Labute approximate surface area is 393 Å². The predicted molar refractivity (Wildman–Crippen MR) is 252 cm³/mol. The highest BCUT2D eigenvalue weighted by Gasteiger charge is 2.47. The fraction of sp³-hybridized carbons (Fsp3) is 0.941. The summed E-state index contributed by atoms with van der Waals surface area (Å²) in [5.74, 6) is -0.375. The fourth-order valence-corrected chi connectivity index (χ4v) is 8.46. The summed E-state index contributed by atoms with van der Waals surface area (Å²) >= 11 is 0. The van der Waals surface area contributed by atoms with Crippen molar-refractivity contribution in [1.29, 1.82) is 0 Å². The fourth-order valence-electron chi connectivity index (χ4n) is 8.46. The van der Waals surface area contributed by atoms with Gasteiger partial charge in [0.05, 0.1) is 26.4 Å². The molecule has 0 bridgehead atoms. The van der Waals surface area contributed by atoms with Crippen molar-refractivity contribution >= 4 is 5.97 Å². The van der Waals surface area contributed by atoms with Crippen molar-refractivity contribution in [3.8, 4) is 0 Å². The Morgan fingerprint density at radius 2 is 0.908 bits per heavy atom. The summed E-state index contributed by atoms with van der Waals surface area (Å²) in [5.41, 5.74) is 0. The van der Waals surface area contributed by atoms with Crippen LogP contribution < -0.4 is 0 Å². The molecule has 2 fully saturated rings. The molecule has 0 aliphatic carbocycles. The number of carbonyl (C=O) groups excluding carboxylic acids is 1. The van der Waals surface area contributed by atoms with Crippen molar-refractivity contribution in [2.24, 2.45) is 0 Å². The van der Waals surface area contributed by atoms with Gasteiger partial charge in [-0.25, -0.2) is 0 Å². The lowest BCUT2D eigenvalue weighted by molar-refractivity contribution is -0.332. The van der Waals surface area contributed by atoms with E-state index in [1.165, 1.54) is 135 Å². The second-order valence-electron chi connectivity index (χ2n) is 18.7. The van der Waals surface area contributed by atoms with Gasteiger partial charge in [0.15, 0.2) is 12.6 Å². The lowest BCUT2D eigenvalue weighted by Gasteiger charge is -2.42. The van der Waals surface area contributed by atoms with Gasteiger partial charge in [-0.05, 0) is 38.5 Å². The minimum atomic E-state index is -1.70. The Morgan fingerprint density at radius 3 is 1.40 bits per heavy atom. The smallest absolute Gasteiger partial charge is 0.306 e. The molecule has 0 aromatic rings. The van der Waals surface area contributed by atoms with E-state index < -0.39 is 80.7 Å². The van der Waals surface area contributed by atoms with Crippen molar-refractivity contribution in [2.75, 3.05) is 33.0 Å². The maximum absolute atomic E-state index is 13.0. The molecule has 14 nitrogen and oxygen atoms in total. The van der Waals surface area contributed by atoms with Crippen LogP contribution in [0.15, 0.2) is 12.2 Å². The van der Waals surface area contributed by atoms with Crippen molar-refractivity contribution in [1.82, 2.24) is 0 Å². The van der Waals surface area contributed by atoms with Gasteiger partial charge in [-0.15, -0.1) is 0 Å². The van der Waals surface area contributed by atoms with Crippen LogP contribution >= 0.6 is 0 Å². The Bertz CT molecular complexity index is 1130. The summed E-state index contributed by atoms with van der Waals surface area (Å²) in [6.07, 6.45) is 24.1. The Balaban J connectivity index is 1.76. The lowest BCUT2D eigenvalue weighted by atomic mass is 9.98. The number of ether oxygens (including phenoxy) is 6. The number of unbranched alkanes of at least 4 members (excludes halogenated alkanes) is 26. The molecular formula is C51H96O14. The number of esters is 1. The minimum Gasteiger partial charge on any atom is -0.457 e. The first-order valence-electron chi connectivity index (χ1n) is 26.3. The SMILES string of the molecule is CCCCCCCCC/C=C\CCCCCCCCOCC(COC1OC(COC2OC(CO)C(O)C(O)C2O)C(O)C(O)C1O)OC(=O)CCCCCCCCCCCCCCCC. The molecule has 2 rings (SSSR count). The third-order valence-corrected chi connectivity index (χ3v) is 12.8. The molecule has 14 heteroatoms. The van der Waals surface area contributed by atoms with E-state index in [4.69, 9.17) is 28.4 Å². The van der Waals surface area contributed by atoms with Crippen molar-refractivity contribution in [3.63, 3.8) is 0 Å². The molecule has 2 saturated heterocycles. The number of hydrogen-bond donors (Lipinski definition) is 7. The first-order chi connectivity index (χ1) is 31.6. The van der Waals surface area contributed by atoms with Gasteiger partial charge in [0.2, 0.25) is 0 Å². The van der Waals surface area contributed by atoms with Crippen LogP contribution in [0.3, 0.4) is 0 Å². The van der Waals surface area contributed by atoms with E-state index in [2.05, 4.69) is 26.0 Å².